The van der Waals surface area contributed by atoms with E-state index < -0.39 is 5.97 Å². The number of carbonyl (C=O) groups excluding carboxylic acids is 1. The van der Waals surface area contributed by atoms with Gasteiger partial charge in [0.1, 0.15) is 0 Å². The van der Waals surface area contributed by atoms with Gasteiger partial charge in [0.25, 0.3) is 0 Å². The minimum atomic E-state index is -0.664. The molecule has 106 valence electrons. The number of ether oxygens (including phenoxy) is 1. The average molecular weight is 281 g/mol. The van der Waals surface area contributed by atoms with Crippen molar-refractivity contribution >= 4 is 11.7 Å². The zero-order chi connectivity index (χ0) is 15.2. The maximum absolute atomic E-state index is 11.9. The minimum Gasteiger partial charge on any atom is -0.457 e. The van der Waals surface area contributed by atoms with E-state index in [0.29, 0.717) is 16.8 Å². The van der Waals surface area contributed by atoms with Gasteiger partial charge in [-0.1, -0.05) is 23.8 Å². The molecule has 5 heteroatoms. The van der Waals surface area contributed by atoms with E-state index in [1.54, 1.807) is 19.2 Å². The van der Waals surface area contributed by atoms with E-state index in [9.17, 15) is 10.3 Å². The lowest BCUT2D eigenvalue weighted by Gasteiger charge is -2.07. The molecular formula is C16H15N3O2. The lowest BCUT2D eigenvalue weighted by Crippen LogP contribution is -2.20. The molecule has 1 aromatic carbocycles. The molecule has 0 N–H and O–H groups in total. The molecule has 0 saturated carbocycles. The first-order valence-corrected chi connectivity index (χ1v) is 6.59. The highest BCUT2D eigenvalue weighted by molar-refractivity contribution is 6.42. The number of pyridine rings is 1. The van der Waals surface area contributed by atoms with Crippen molar-refractivity contribution in [3.8, 4) is 11.3 Å². The van der Waals surface area contributed by atoms with E-state index in [4.69, 9.17) is 4.74 Å². The Morgan fingerprint density at radius 1 is 1.33 bits per heavy atom. The quantitative estimate of drug-likeness (QED) is 0.374. The van der Waals surface area contributed by atoms with Gasteiger partial charge in [-0.15, -0.1) is 0 Å². The smallest absolute Gasteiger partial charge is 0.422 e. The largest absolute Gasteiger partial charge is 0.457 e. The highest BCUT2D eigenvalue weighted by Crippen LogP contribution is 2.23. The summed E-state index contributed by atoms with van der Waals surface area (Å²) in [6, 6.07) is 11.0. The van der Waals surface area contributed by atoms with Gasteiger partial charge >= 0.3 is 11.7 Å². The van der Waals surface area contributed by atoms with Crippen LogP contribution in [0.4, 0.5) is 0 Å². The van der Waals surface area contributed by atoms with Gasteiger partial charge in [-0.25, -0.2) is 4.79 Å². The minimum absolute atomic E-state index is 0.124. The zero-order valence-corrected chi connectivity index (χ0v) is 11.9. The monoisotopic (exact) mass is 281 g/mol. The standard InChI is InChI=1S/C16H15N3O2/c1-3-21-16(20)15(19-17)13-10-11(2)7-8-12(13)14-6-4-5-9-18-14/h4-10H,3H2,1-2H3. The fraction of sp³-hybridized carbons (Fsp3) is 0.188. The maximum atomic E-state index is 11.9. The van der Waals surface area contributed by atoms with Crippen LogP contribution in [-0.2, 0) is 9.53 Å². The molecule has 2 rings (SSSR count). The Labute approximate surface area is 122 Å². The number of esters is 1. The number of hydrogen-bond donors (Lipinski definition) is 0. The normalized spacial score (nSPS) is 9.81. The van der Waals surface area contributed by atoms with Crippen LogP contribution in [0.25, 0.3) is 16.8 Å². The molecule has 0 bridgehead atoms. The first kappa shape index (κ1) is 14.6. The van der Waals surface area contributed by atoms with Crippen molar-refractivity contribution in [3.05, 3.63) is 59.3 Å². The molecular weight excluding hydrogens is 266 g/mol. The SMILES string of the molecule is CCOC(=O)C(=[N+]=[N-])c1cc(C)ccc1-c1ccccn1. The molecule has 0 saturated heterocycles. The lowest BCUT2D eigenvalue weighted by molar-refractivity contribution is -0.139. The number of hydrogen-bond acceptors (Lipinski definition) is 3. The molecule has 0 radical (unpaired) electrons. The van der Waals surface area contributed by atoms with Gasteiger partial charge in [-0.2, -0.15) is 4.79 Å². The van der Waals surface area contributed by atoms with E-state index in [0.717, 1.165) is 5.56 Å². The highest BCUT2D eigenvalue weighted by Gasteiger charge is 2.28. The Morgan fingerprint density at radius 3 is 2.76 bits per heavy atom. The summed E-state index contributed by atoms with van der Waals surface area (Å²) in [7, 11) is 0. The van der Waals surface area contributed by atoms with E-state index in [1.807, 2.05) is 37.3 Å². The third kappa shape index (κ3) is 3.22. The van der Waals surface area contributed by atoms with Crippen LogP contribution in [0.1, 0.15) is 18.1 Å². The maximum Gasteiger partial charge on any atom is 0.422 e. The lowest BCUT2D eigenvalue weighted by atomic mass is 9.97. The predicted octanol–water partition coefficient (Wildman–Crippen LogP) is 2.64. The van der Waals surface area contributed by atoms with Crippen molar-refractivity contribution in [1.82, 2.24) is 4.98 Å². The van der Waals surface area contributed by atoms with Gasteiger partial charge in [0.2, 0.25) is 0 Å². The summed E-state index contributed by atoms with van der Waals surface area (Å²) >= 11 is 0. The van der Waals surface area contributed by atoms with Crippen molar-refractivity contribution in [2.24, 2.45) is 0 Å². The molecule has 1 aromatic heterocycles. The number of aryl methyl sites for hydroxylation is 1. The van der Waals surface area contributed by atoms with Crippen LogP contribution in [-0.4, -0.2) is 28.1 Å². The summed E-state index contributed by atoms with van der Waals surface area (Å²) in [6.07, 6.45) is 1.67. The summed E-state index contributed by atoms with van der Waals surface area (Å²) in [5.41, 5.74) is 11.9. The average Bonchev–Trinajstić information content (AvgIpc) is 2.49. The molecule has 1 heterocycles. The second-order valence-electron chi connectivity index (χ2n) is 4.43. The van der Waals surface area contributed by atoms with Crippen LogP contribution in [0.2, 0.25) is 0 Å². The van der Waals surface area contributed by atoms with E-state index in [1.165, 1.54) is 0 Å². The first-order chi connectivity index (χ1) is 10.2. The van der Waals surface area contributed by atoms with Gasteiger partial charge in [0, 0.05) is 11.8 Å². The predicted molar refractivity (Wildman–Crippen MR) is 78.8 cm³/mol. The number of aromatic nitrogens is 1. The second-order valence-corrected chi connectivity index (χ2v) is 4.43. The molecule has 0 fully saturated rings. The van der Waals surface area contributed by atoms with E-state index in [2.05, 4.69) is 9.77 Å². The Hall–Kier alpha value is -2.78. The second kappa shape index (κ2) is 6.59. The van der Waals surface area contributed by atoms with E-state index in [-0.39, 0.29) is 12.3 Å². The third-order valence-electron chi connectivity index (χ3n) is 2.94. The summed E-state index contributed by atoms with van der Waals surface area (Å²) in [6.45, 7) is 3.80. The fourth-order valence-corrected chi connectivity index (χ4v) is 2.00. The van der Waals surface area contributed by atoms with Gasteiger partial charge in [-0.3, -0.25) is 4.98 Å². The van der Waals surface area contributed by atoms with Crippen molar-refractivity contribution in [2.45, 2.75) is 13.8 Å². The number of carbonyl (C=O) groups is 1. The van der Waals surface area contributed by atoms with Crippen molar-refractivity contribution < 1.29 is 14.3 Å². The molecule has 0 spiro atoms. The zero-order valence-electron chi connectivity index (χ0n) is 11.9. The molecule has 0 aliphatic heterocycles. The molecule has 0 aliphatic carbocycles. The number of rotatable bonds is 4. The Balaban J connectivity index is 2.60. The van der Waals surface area contributed by atoms with Gasteiger partial charge in [-0.05, 0) is 32.0 Å². The fourth-order valence-electron chi connectivity index (χ4n) is 2.00. The summed E-state index contributed by atoms with van der Waals surface area (Å²) in [5.74, 6) is -0.664. The molecule has 0 atom stereocenters. The molecule has 5 nitrogen and oxygen atoms in total. The first-order valence-electron chi connectivity index (χ1n) is 6.59. The highest BCUT2D eigenvalue weighted by atomic mass is 16.5. The van der Waals surface area contributed by atoms with Gasteiger partial charge in [0.15, 0.2) is 0 Å². The van der Waals surface area contributed by atoms with Crippen LogP contribution in [0.5, 0.6) is 0 Å². The Bertz CT molecular complexity index is 705. The van der Waals surface area contributed by atoms with Crippen LogP contribution < -0.4 is 0 Å². The summed E-state index contributed by atoms with van der Waals surface area (Å²) in [5, 5.41) is 0. The van der Waals surface area contributed by atoms with Crippen LogP contribution >= 0.6 is 0 Å². The van der Waals surface area contributed by atoms with E-state index >= 15 is 0 Å². The van der Waals surface area contributed by atoms with Crippen molar-refractivity contribution in [1.29, 1.82) is 0 Å². The molecule has 0 unspecified atom stereocenters. The number of nitrogens with zero attached hydrogens (tertiary/aromatic N) is 3. The van der Waals surface area contributed by atoms with Gasteiger partial charge in [0.05, 0.1) is 17.9 Å². The molecule has 2 aromatic rings. The van der Waals surface area contributed by atoms with Crippen LogP contribution in [0.15, 0.2) is 42.6 Å². The van der Waals surface area contributed by atoms with Crippen LogP contribution in [0, 0.1) is 6.92 Å². The van der Waals surface area contributed by atoms with Crippen molar-refractivity contribution in [3.63, 3.8) is 0 Å². The van der Waals surface area contributed by atoms with Crippen LogP contribution in [0.3, 0.4) is 0 Å². The molecule has 0 aliphatic rings. The number of benzene rings is 1. The third-order valence-corrected chi connectivity index (χ3v) is 2.94. The Morgan fingerprint density at radius 2 is 2.14 bits per heavy atom. The van der Waals surface area contributed by atoms with Gasteiger partial charge < -0.3 is 10.3 Å². The van der Waals surface area contributed by atoms with Crippen molar-refractivity contribution in [2.75, 3.05) is 6.61 Å². The summed E-state index contributed by atoms with van der Waals surface area (Å²) < 4.78 is 4.93. The molecule has 21 heavy (non-hydrogen) atoms. The topological polar surface area (TPSA) is 75.6 Å². The Kier molecular flexibility index (Phi) is 4.59. The summed E-state index contributed by atoms with van der Waals surface area (Å²) in [4.78, 5) is 19.3. The molecule has 0 amide bonds.